The Bertz CT molecular complexity index is 2300. The van der Waals surface area contributed by atoms with Crippen molar-refractivity contribution in [1.29, 1.82) is 0 Å². The summed E-state index contributed by atoms with van der Waals surface area (Å²) in [6.07, 6.45) is 9.78. The number of fused-ring (bicyclic) bond motifs is 3. The molecular weight excluding hydrogens is 576 g/mol. The lowest BCUT2D eigenvalue weighted by molar-refractivity contribution is 0.288. The molecule has 0 saturated carbocycles. The molecule has 0 aliphatic carbocycles. The van der Waals surface area contributed by atoms with Crippen molar-refractivity contribution in [3.63, 3.8) is 0 Å². The molecule has 0 saturated heterocycles. The van der Waals surface area contributed by atoms with Crippen molar-refractivity contribution < 1.29 is 0 Å². The van der Waals surface area contributed by atoms with E-state index in [1.165, 1.54) is 55.3 Å². The Morgan fingerprint density at radius 3 is 2.23 bits per heavy atom. The number of rotatable bonds is 7. The summed E-state index contributed by atoms with van der Waals surface area (Å²) >= 11 is 0. The number of nitrogens with one attached hydrogen (secondary N) is 1. The number of benzene rings is 3. The highest BCUT2D eigenvalue weighted by Crippen LogP contribution is 2.51. The van der Waals surface area contributed by atoms with Crippen LogP contribution in [0, 0.1) is 0 Å². The van der Waals surface area contributed by atoms with Crippen LogP contribution in [0.5, 0.6) is 0 Å². The van der Waals surface area contributed by atoms with Gasteiger partial charge in [-0.15, -0.1) is 0 Å². The van der Waals surface area contributed by atoms with Crippen LogP contribution >= 0.6 is 0 Å². The maximum absolute atomic E-state index is 5.06. The Balaban J connectivity index is 1.14. The average molecular weight is 621 g/mol. The SMILES string of the molecule is CC(C)c1cccc(C(C)C)c1-n1ccnc1-c1ncc(CCc2ccc3c(c2)c2ncc4n2c2c(cccc32)C(C)(C)C4(C)C)[nH]1. The van der Waals surface area contributed by atoms with Gasteiger partial charge < -0.3 is 4.98 Å². The van der Waals surface area contributed by atoms with Gasteiger partial charge in [-0.1, -0.05) is 104 Å². The van der Waals surface area contributed by atoms with E-state index in [1.54, 1.807) is 0 Å². The summed E-state index contributed by atoms with van der Waals surface area (Å²) in [4.78, 5) is 18.3. The number of aryl methyl sites for hydroxylation is 2. The number of para-hydroxylation sites is 2. The van der Waals surface area contributed by atoms with Crippen LogP contribution in [-0.4, -0.2) is 28.9 Å². The lowest BCUT2D eigenvalue weighted by Gasteiger charge is -2.45. The molecule has 0 radical (unpaired) electrons. The van der Waals surface area contributed by atoms with E-state index in [0.29, 0.717) is 11.8 Å². The monoisotopic (exact) mass is 620 g/mol. The van der Waals surface area contributed by atoms with Crippen molar-refractivity contribution in [2.45, 2.75) is 90.9 Å². The second-order valence-electron chi connectivity index (χ2n) is 15.1. The number of aromatic nitrogens is 6. The van der Waals surface area contributed by atoms with E-state index in [9.17, 15) is 0 Å². The van der Waals surface area contributed by atoms with E-state index in [-0.39, 0.29) is 10.8 Å². The van der Waals surface area contributed by atoms with E-state index < -0.39 is 0 Å². The summed E-state index contributed by atoms with van der Waals surface area (Å²) in [5.41, 5.74) is 11.2. The third kappa shape index (κ3) is 4.26. The third-order valence-corrected chi connectivity index (χ3v) is 11.3. The Morgan fingerprint density at radius 1 is 0.745 bits per heavy atom. The summed E-state index contributed by atoms with van der Waals surface area (Å²) in [6, 6.07) is 20.4. The van der Waals surface area contributed by atoms with E-state index in [2.05, 4.69) is 136 Å². The van der Waals surface area contributed by atoms with Gasteiger partial charge in [0.25, 0.3) is 0 Å². The Kier molecular flexibility index (Phi) is 6.56. The molecule has 0 unspecified atom stereocenters. The molecule has 0 amide bonds. The van der Waals surface area contributed by atoms with Gasteiger partial charge in [0.05, 0.1) is 11.2 Å². The van der Waals surface area contributed by atoms with Gasteiger partial charge in [-0.05, 0) is 58.4 Å². The summed E-state index contributed by atoms with van der Waals surface area (Å²) in [6.45, 7) is 18.5. The second-order valence-corrected chi connectivity index (χ2v) is 15.1. The lowest BCUT2D eigenvalue weighted by Crippen LogP contribution is -2.44. The zero-order valence-electron chi connectivity index (χ0n) is 28.8. The molecule has 0 fully saturated rings. The number of hydrogen-bond acceptors (Lipinski definition) is 3. The highest BCUT2D eigenvalue weighted by molar-refractivity contribution is 6.13. The third-order valence-electron chi connectivity index (χ3n) is 11.3. The molecule has 6 nitrogen and oxygen atoms in total. The molecule has 5 heterocycles. The van der Waals surface area contributed by atoms with E-state index in [4.69, 9.17) is 15.0 Å². The summed E-state index contributed by atoms with van der Waals surface area (Å²) in [7, 11) is 0. The number of pyridine rings is 1. The quantitative estimate of drug-likeness (QED) is 0.180. The summed E-state index contributed by atoms with van der Waals surface area (Å²) in [5.74, 6) is 2.42. The molecular formula is C41H44N6. The molecule has 3 aromatic carbocycles. The summed E-state index contributed by atoms with van der Waals surface area (Å²) < 4.78 is 4.65. The fraction of sp³-hybridized carbons (Fsp3) is 0.341. The number of imidazole rings is 3. The predicted octanol–water partition coefficient (Wildman–Crippen LogP) is 9.82. The van der Waals surface area contributed by atoms with Gasteiger partial charge in [-0.2, -0.15) is 0 Å². The zero-order chi connectivity index (χ0) is 32.8. The van der Waals surface area contributed by atoms with E-state index in [0.717, 1.165) is 35.8 Å². The number of nitrogens with zero attached hydrogens (tertiary/aromatic N) is 5. The molecule has 0 bridgehead atoms. The van der Waals surface area contributed by atoms with Crippen LogP contribution in [0.15, 0.2) is 79.4 Å². The van der Waals surface area contributed by atoms with Gasteiger partial charge >= 0.3 is 0 Å². The highest BCUT2D eigenvalue weighted by Gasteiger charge is 2.46. The van der Waals surface area contributed by atoms with Crippen LogP contribution in [0.2, 0.25) is 0 Å². The van der Waals surface area contributed by atoms with E-state index >= 15 is 0 Å². The highest BCUT2D eigenvalue weighted by atomic mass is 15.1. The first-order valence-corrected chi connectivity index (χ1v) is 17.1. The van der Waals surface area contributed by atoms with Crippen LogP contribution < -0.4 is 0 Å². The molecule has 0 spiro atoms. The molecule has 1 aliphatic rings. The van der Waals surface area contributed by atoms with Crippen molar-refractivity contribution in [2.24, 2.45) is 0 Å². The minimum absolute atomic E-state index is 0.0162. The molecule has 7 aromatic rings. The smallest absolute Gasteiger partial charge is 0.180 e. The Labute approximate surface area is 276 Å². The van der Waals surface area contributed by atoms with Crippen LogP contribution in [0.25, 0.3) is 44.7 Å². The number of H-pyrrole nitrogens is 1. The van der Waals surface area contributed by atoms with E-state index in [1.807, 2.05) is 12.4 Å². The molecule has 1 N–H and O–H groups in total. The molecule has 1 aliphatic heterocycles. The van der Waals surface area contributed by atoms with Crippen molar-refractivity contribution in [3.05, 3.63) is 113 Å². The minimum Gasteiger partial charge on any atom is -0.339 e. The fourth-order valence-electron chi connectivity index (χ4n) is 7.87. The number of hydrogen-bond donors (Lipinski definition) is 1. The van der Waals surface area contributed by atoms with Gasteiger partial charge in [-0.25, -0.2) is 15.0 Å². The van der Waals surface area contributed by atoms with Crippen LogP contribution in [0.3, 0.4) is 0 Å². The van der Waals surface area contributed by atoms with Crippen LogP contribution in [-0.2, 0) is 23.7 Å². The van der Waals surface area contributed by atoms with Gasteiger partial charge in [-0.3, -0.25) is 8.97 Å². The van der Waals surface area contributed by atoms with Gasteiger partial charge in [0, 0.05) is 57.8 Å². The maximum Gasteiger partial charge on any atom is 0.180 e. The molecule has 47 heavy (non-hydrogen) atoms. The molecule has 8 rings (SSSR count). The van der Waals surface area contributed by atoms with Crippen molar-refractivity contribution in [1.82, 2.24) is 28.9 Å². The molecule has 4 aromatic heterocycles. The lowest BCUT2D eigenvalue weighted by atomic mass is 9.61. The molecule has 0 atom stereocenters. The topological polar surface area (TPSA) is 63.8 Å². The average Bonchev–Trinajstić information content (AvgIpc) is 3.82. The van der Waals surface area contributed by atoms with Gasteiger partial charge in [0.1, 0.15) is 5.65 Å². The number of aromatic amines is 1. The Hall–Kier alpha value is -4.71. The Morgan fingerprint density at radius 2 is 1.49 bits per heavy atom. The summed E-state index contributed by atoms with van der Waals surface area (Å²) in [5, 5.41) is 3.78. The largest absolute Gasteiger partial charge is 0.339 e. The van der Waals surface area contributed by atoms with Gasteiger partial charge in [0.2, 0.25) is 0 Å². The van der Waals surface area contributed by atoms with Crippen LogP contribution in [0.4, 0.5) is 0 Å². The first kappa shape index (κ1) is 29.7. The first-order chi connectivity index (χ1) is 22.5. The predicted molar refractivity (Wildman–Crippen MR) is 193 cm³/mol. The molecule has 238 valence electrons. The van der Waals surface area contributed by atoms with Crippen LogP contribution in [0.1, 0.15) is 101 Å². The maximum atomic E-state index is 5.06. The van der Waals surface area contributed by atoms with Crippen molar-refractivity contribution >= 4 is 27.3 Å². The zero-order valence-corrected chi connectivity index (χ0v) is 28.8. The normalized spacial score (nSPS) is 15.3. The van der Waals surface area contributed by atoms with Crippen molar-refractivity contribution in [3.8, 4) is 17.3 Å². The molecule has 6 heteroatoms. The minimum atomic E-state index is -0.0563. The standard InChI is InChI=1S/C41H44N6/c1-24(2)28-11-9-12-29(25(3)4)35(28)46-20-19-42-39(46)37-43-22-27(45-37)17-15-26-16-18-30-31-13-10-14-33-36(31)47-34(41(7,8)40(33,5)6)23-44-38(47)32(30)21-26/h9-14,16,18-25H,15,17H2,1-8H3,(H,43,45). The van der Waals surface area contributed by atoms with Gasteiger partial charge in [0.15, 0.2) is 11.6 Å². The fourth-order valence-corrected chi connectivity index (χ4v) is 7.87. The second kappa shape index (κ2) is 10.4. The first-order valence-electron chi connectivity index (χ1n) is 17.1. The van der Waals surface area contributed by atoms with Crippen molar-refractivity contribution in [2.75, 3.05) is 0 Å².